The summed E-state index contributed by atoms with van der Waals surface area (Å²) in [5.41, 5.74) is 1.92. The fraction of sp³-hybridized carbons (Fsp3) is 0.216. The van der Waals surface area contributed by atoms with Gasteiger partial charge in [-0.05, 0) is 34.4 Å². The van der Waals surface area contributed by atoms with Gasteiger partial charge >= 0.3 is 12.3 Å². The molecule has 3 amide bonds. The molecule has 0 saturated carbocycles. The number of hydrogen-bond donors (Lipinski definition) is 1. The lowest BCUT2D eigenvalue weighted by molar-refractivity contribution is -0.162. The minimum atomic E-state index is -4.53. The summed E-state index contributed by atoms with van der Waals surface area (Å²) >= 11 is 0. The summed E-state index contributed by atoms with van der Waals surface area (Å²) in [7, 11) is 0. The fourth-order valence-corrected chi connectivity index (χ4v) is 6.12. The molecule has 0 aliphatic carbocycles. The minimum absolute atomic E-state index is 0.0761. The topological polar surface area (TPSA) is 79.0 Å². The Morgan fingerprint density at radius 3 is 2.19 bits per heavy atom. The number of carbonyl (C=O) groups is 3. The van der Waals surface area contributed by atoms with Gasteiger partial charge < -0.3 is 15.0 Å². The van der Waals surface area contributed by atoms with Crippen molar-refractivity contribution in [3.8, 4) is 0 Å². The van der Waals surface area contributed by atoms with E-state index in [1.807, 2.05) is 103 Å². The van der Waals surface area contributed by atoms with E-state index < -0.39 is 53.8 Å². The monoisotopic (exact) mass is 639 g/mol. The van der Waals surface area contributed by atoms with Crippen molar-refractivity contribution in [3.05, 3.63) is 149 Å². The summed E-state index contributed by atoms with van der Waals surface area (Å²) in [5.74, 6) is -0.956. The number of amides is 3. The number of likely N-dealkylation sites (tertiary alicyclic amines) is 1. The molecule has 0 radical (unpaired) electrons. The van der Waals surface area contributed by atoms with Crippen LogP contribution in [-0.4, -0.2) is 52.4 Å². The zero-order valence-corrected chi connectivity index (χ0v) is 25.2. The van der Waals surface area contributed by atoms with E-state index in [4.69, 9.17) is 4.74 Å². The van der Waals surface area contributed by atoms with Crippen LogP contribution in [0, 0.1) is 0 Å². The number of nitrogens with zero attached hydrogens (tertiary/aromatic N) is 2. The maximum atomic E-state index is 14.2. The molecule has 2 aliphatic rings. The molecule has 0 spiro atoms. The number of hydrogen-bond acceptors (Lipinski definition) is 4. The third kappa shape index (κ3) is 6.91. The van der Waals surface area contributed by atoms with E-state index in [1.54, 1.807) is 0 Å². The van der Waals surface area contributed by atoms with Gasteiger partial charge in [0.25, 0.3) is 0 Å². The molecule has 0 unspecified atom stereocenters. The molecule has 0 aromatic heterocycles. The number of rotatable bonds is 10. The number of benzene rings is 4. The Kier molecular flexibility index (Phi) is 9.10. The first-order valence-corrected chi connectivity index (χ1v) is 15.2. The summed E-state index contributed by atoms with van der Waals surface area (Å²) < 4.78 is 45.4. The van der Waals surface area contributed by atoms with Gasteiger partial charge in [-0.1, -0.05) is 115 Å². The first-order chi connectivity index (χ1) is 22.7. The lowest BCUT2D eigenvalue weighted by atomic mass is 9.86. The van der Waals surface area contributed by atoms with Gasteiger partial charge in [0.2, 0.25) is 11.8 Å². The van der Waals surface area contributed by atoms with Crippen LogP contribution in [0.4, 0.5) is 18.0 Å². The number of β-lactam (4-membered cyclic amide) rings is 1. The summed E-state index contributed by atoms with van der Waals surface area (Å²) in [4.78, 5) is 44.2. The molecule has 47 heavy (non-hydrogen) atoms. The Hall–Kier alpha value is -5.38. The number of carbonyl (C=O) groups excluding carboxylic acids is 3. The van der Waals surface area contributed by atoms with Crippen LogP contribution in [0.25, 0.3) is 6.08 Å². The van der Waals surface area contributed by atoms with Crippen LogP contribution in [0.15, 0.2) is 121 Å². The van der Waals surface area contributed by atoms with Crippen molar-refractivity contribution in [2.24, 2.45) is 0 Å². The molecule has 1 N–H and O–H groups in total. The van der Waals surface area contributed by atoms with Gasteiger partial charge in [-0.2, -0.15) is 13.2 Å². The van der Waals surface area contributed by atoms with E-state index in [0.29, 0.717) is 0 Å². The quantitative estimate of drug-likeness (QED) is 0.203. The summed E-state index contributed by atoms with van der Waals surface area (Å²) in [6, 6.07) is 29.5. The van der Waals surface area contributed by atoms with Crippen LogP contribution >= 0.6 is 0 Å². The van der Waals surface area contributed by atoms with E-state index in [0.717, 1.165) is 28.8 Å². The molecule has 2 aliphatic heterocycles. The summed E-state index contributed by atoms with van der Waals surface area (Å²) in [5, 5.41) is 2.76. The lowest BCUT2D eigenvalue weighted by Gasteiger charge is -2.52. The van der Waals surface area contributed by atoms with Crippen LogP contribution in [0.1, 0.15) is 33.9 Å². The van der Waals surface area contributed by atoms with Gasteiger partial charge in [0.1, 0.15) is 18.7 Å². The molecule has 10 heteroatoms. The van der Waals surface area contributed by atoms with Crippen molar-refractivity contribution in [3.63, 3.8) is 0 Å². The average Bonchev–Trinajstić information content (AvgIpc) is 3.46. The van der Waals surface area contributed by atoms with Crippen LogP contribution in [0.3, 0.4) is 0 Å². The Morgan fingerprint density at radius 1 is 0.872 bits per heavy atom. The maximum absolute atomic E-state index is 14.2. The van der Waals surface area contributed by atoms with Gasteiger partial charge in [-0.25, -0.2) is 4.79 Å². The molecule has 2 saturated heterocycles. The standard InChI is InChI=1S/C37H32F3N3O4/c38-37(39,40)29-18-10-15-27(21-29)23-41-34(44)31(22-26-13-6-2-7-14-26)42-30(20-19-25-11-4-1-5-12-25)33(35(42)45)43-32(24-47-36(43)46)28-16-8-3-9-17-28/h1-21,30-33H,22-24H2,(H,41,44)/b20-19+/t30-,31-,32-,33+/m1/s1. The predicted molar refractivity (Wildman–Crippen MR) is 169 cm³/mol. The second kappa shape index (κ2) is 13.5. The second-order valence-corrected chi connectivity index (χ2v) is 11.5. The Morgan fingerprint density at radius 2 is 1.51 bits per heavy atom. The molecule has 6 rings (SSSR count). The highest BCUT2D eigenvalue weighted by molar-refractivity contribution is 5.98. The number of cyclic esters (lactones) is 1. The summed E-state index contributed by atoms with van der Waals surface area (Å²) in [6.45, 7) is -0.0920. The van der Waals surface area contributed by atoms with E-state index >= 15 is 0 Å². The molecule has 7 nitrogen and oxygen atoms in total. The minimum Gasteiger partial charge on any atom is -0.447 e. The second-order valence-electron chi connectivity index (χ2n) is 11.5. The highest BCUT2D eigenvalue weighted by atomic mass is 19.4. The molecule has 2 fully saturated rings. The number of ether oxygens (including phenoxy) is 1. The first-order valence-electron chi connectivity index (χ1n) is 15.2. The third-order valence-corrected chi connectivity index (χ3v) is 8.46. The number of halogens is 3. The molecule has 4 aromatic rings. The van der Waals surface area contributed by atoms with Crippen LogP contribution in [-0.2, 0) is 33.5 Å². The van der Waals surface area contributed by atoms with Crippen LogP contribution in [0.2, 0.25) is 0 Å². The van der Waals surface area contributed by atoms with Crippen LogP contribution in [0.5, 0.6) is 0 Å². The van der Waals surface area contributed by atoms with E-state index in [9.17, 15) is 27.6 Å². The lowest BCUT2D eigenvalue weighted by Crippen LogP contribution is -2.74. The molecule has 4 atom stereocenters. The van der Waals surface area contributed by atoms with Crippen molar-refractivity contribution in [2.45, 2.75) is 43.3 Å². The van der Waals surface area contributed by atoms with E-state index in [1.165, 1.54) is 21.9 Å². The zero-order chi connectivity index (χ0) is 33.0. The van der Waals surface area contributed by atoms with Crippen molar-refractivity contribution in [1.82, 2.24) is 15.1 Å². The van der Waals surface area contributed by atoms with Gasteiger partial charge in [0, 0.05) is 13.0 Å². The van der Waals surface area contributed by atoms with E-state index in [2.05, 4.69) is 5.32 Å². The average molecular weight is 640 g/mol. The van der Waals surface area contributed by atoms with Gasteiger partial charge in [0.15, 0.2) is 0 Å². The Balaban J connectivity index is 1.33. The highest BCUT2D eigenvalue weighted by Gasteiger charge is 2.58. The molecular formula is C37H32F3N3O4. The first kappa shape index (κ1) is 31.6. The SMILES string of the molecule is O=C(NCc1cccc(C(F)(F)F)c1)[C@@H](Cc1ccccc1)N1C(=O)[C@@H](N2C(=O)OC[C@@H]2c2ccccc2)[C@H]1/C=C/c1ccccc1. The number of alkyl halides is 3. The molecule has 2 heterocycles. The number of nitrogens with one attached hydrogen (secondary N) is 1. The van der Waals surface area contributed by atoms with Crippen molar-refractivity contribution in [2.75, 3.05) is 6.61 Å². The fourth-order valence-electron chi connectivity index (χ4n) is 6.12. The smallest absolute Gasteiger partial charge is 0.416 e. The van der Waals surface area contributed by atoms with Crippen molar-refractivity contribution in [1.29, 1.82) is 0 Å². The molecule has 4 aromatic carbocycles. The van der Waals surface area contributed by atoms with Gasteiger partial charge in [-0.15, -0.1) is 0 Å². The maximum Gasteiger partial charge on any atom is 0.416 e. The largest absolute Gasteiger partial charge is 0.447 e. The highest BCUT2D eigenvalue weighted by Crippen LogP contribution is 2.39. The Labute approximate surface area is 270 Å². The van der Waals surface area contributed by atoms with E-state index in [-0.39, 0.29) is 25.1 Å². The zero-order valence-electron chi connectivity index (χ0n) is 25.2. The molecule has 240 valence electrons. The Bertz CT molecular complexity index is 1750. The van der Waals surface area contributed by atoms with Crippen LogP contribution < -0.4 is 5.32 Å². The van der Waals surface area contributed by atoms with Gasteiger partial charge in [0.05, 0.1) is 17.6 Å². The predicted octanol–water partition coefficient (Wildman–Crippen LogP) is 6.42. The van der Waals surface area contributed by atoms with Gasteiger partial charge in [-0.3, -0.25) is 14.5 Å². The normalized spacial score (nSPS) is 20.2. The third-order valence-electron chi connectivity index (χ3n) is 8.46. The molecule has 0 bridgehead atoms. The summed E-state index contributed by atoms with van der Waals surface area (Å²) in [6.07, 6.45) is -1.34. The molecular weight excluding hydrogens is 607 g/mol. The van der Waals surface area contributed by atoms with Crippen molar-refractivity contribution < 1.29 is 32.3 Å². The van der Waals surface area contributed by atoms with Crippen molar-refractivity contribution >= 4 is 24.0 Å².